The van der Waals surface area contributed by atoms with Gasteiger partial charge in [0.2, 0.25) is 0 Å². The van der Waals surface area contributed by atoms with Crippen molar-refractivity contribution in [2.75, 3.05) is 13.1 Å². The van der Waals surface area contributed by atoms with Crippen molar-refractivity contribution in [1.82, 2.24) is 5.32 Å². The monoisotopic (exact) mass is 327 g/mol. The van der Waals surface area contributed by atoms with Crippen LogP contribution in [-0.2, 0) is 0 Å². The molecule has 0 aromatic heterocycles. The predicted molar refractivity (Wildman–Crippen MR) is 84.6 cm³/mol. The third kappa shape index (κ3) is 5.87. The minimum absolute atomic E-state index is 0.215. The van der Waals surface area contributed by atoms with Crippen LogP contribution < -0.4 is 5.32 Å². The number of benzene rings is 1. The van der Waals surface area contributed by atoms with Gasteiger partial charge in [0.05, 0.1) is 0 Å². The minimum atomic E-state index is -0.215. The molecule has 0 amide bonds. The van der Waals surface area contributed by atoms with Gasteiger partial charge < -0.3 is 5.32 Å². The zero-order valence-electron chi connectivity index (χ0n) is 12.1. The fourth-order valence-corrected chi connectivity index (χ4v) is 2.21. The molecule has 0 unspecified atom stereocenters. The molecular weight excluding hydrogens is 305 g/mol. The highest BCUT2D eigenvalue weighted by Crippen LogP contribution is 2.22. The highest BCUT2D eigenvalue weighted by atomic mass is 79.9. The van der Waals surface area contributed by atoms with E-state index in [1.165, 1.54) is 17.7 Å². The molecule has 0 saturated carbocycles. The molecule has 1 nitrogen and oxygen atoms in total. The van der Waals surface area contributed by atoms with E-state index in [1.54, 1.807) is 0 Å². The van der Waals surface area contributed by atoms with Gasteiger partial charge in [-0.1, -0.05) is 61.3 Å². The summed E-state index contributed by atoms with van der Waals surface area (Å²) < 4.78 is 13.9. The molecule has 0 atom stereocenters. The zero-order valence-corrected chi connectivity index (χ0v) is 13.7. The van der Waals surface area contributed by atoms with Crippen LogP contribution in [0.15, 0.2) is 28.2 Å². The Morgan fingerprint density at radius 1 is 1.32 bits per heavy atom. The second-order valence-corrected chi connectivity index (χ2v) is 6.42. The first-order chi connectivity index (χ1) is 8.90. The fourth-order valence-electron chi connectivity index (χ4n) is 1.75. The minimum Gasteiger partial charge on any atom is -0.313 e. The second-order valence-electron chi connectivity index (χ2n) is 5.56. The van der Waals surface area contributed by atoms with Gasteiger partial charge in [-0.25, -0.2) is 4.39 Å². The Morgan fingerprint density at radius 2 is 2.00 bits per heavy atom. The average molecular weight is 328 g/mol. The van der Waals surface area contributed by atoms with Gasteiger partial charge in [-0.3, -0.25) is 0 Å². The second kappa shape index (κ2) is 7.81. The van der Waals surface area contributed by atoms with Crippen molar-refractivity contribution in [1.29, 1.82) is 0 Å². The van der Waals surface area contributed by atoms with Gasteiger partial charge in [-0.2, -0.15) is 0 Å². The fraction of sp³-hybridized carbons (Fsp3) is 0.500. The van der Waals surface area contributed by atoms with Crippen LogP contribution in [0.25, 0.3) is 6.08 Å². The van der Waals surface area contributed by atoms with Gasteiger partial charge in [0, 0.05) is 11.0 Å². The van der Waals surface area contributed by atoms with E-state index in [9.17, 15) is 4.39 Å². The Hall–Kier alpha value is -0.670. The molecule has 0 aliphatic rings. The van der Waals surface area contributed by atoms with Crippen molar-refractivity contribution in [3.63, 3.8) is 0 Å². The molecule has 1 aromatic rings. The van der Waals surface area contributed by atoms with E-state index in [4.69, 9.17) is 0 Å². The van der Waals surface area contributed by atoms with Crippen molar-refractivity contribution < 1.29 is 4.39 Å². The van der Waals surface area contributed by atoms with Crippen LogP contribution in [0.5, 0.6) is 0 Å². The third-order valence-electron chi connectivity index (χ3n) is 2.93. The molecular formula is C16H23BrFN. The first kappa shape index (κ1) is 16.4. The SMILES string of the molecule is CC(C)CNC/C(=C/c1ccc(F)cc1Br)C(C)C. The number of nitrogens with one attached hydrogen (secondary N) is 1. The van der Waals surface area contributed by atoms with E-state index in [-0.39, 0.29) is 5.82 Å². The Kier molecular flexibility index (Phi) is 6.73. The summed E-state index contributed by atoms with van der Waals surface area (Å²) in [4.78, 5) is 0. The van der Waals surface area contributed by atoms with Gasteiger partial charge in [0.15, 0.2) is 0 Å². The molecule has 1 rings (SSSR count). The molecule has 19 heavy (non-hydrogen) atoms. The number of rotatable bonds is 6. The highest BCUT2D eigenvalue weighted by molar-refractivity contribution is 9.10. The smallest absolute Gasteiger partial charge is 0.124 e. The van der Waals surface area contributed by atoms with Crippen LogP contribution in [0.3, 0.4) is 0 Å². The lowest BCUT2D eigenvalue weighted by Crippen LogP contribution is -2.23. The number of halogens is 2. The van der Waals surface area contributed by atoms with Crippen LogP contribution in [-0.4, -0.2) is 13.1 Å². The highest BCUT2D eigenvalue weighted by Gasteiger charge is 2.06. The van der Waals surface area contributed by atoms with E-state index in [0.717, 1.165) is 23.1 Å². The van der Waals surface area contributed by atoms with Gasteiger partial charge in [0.25, 0.3) is 0 Å². The van der Waals surface area contributed by atoms with E-state index < -0.39 is 0 Å². The normalized spacial score (nSPS) is 12.5. The van der Waals surface area contributed by atoms with Gasteiger partial charge in [0.1, 0.15) is 5.82 Å². The zero-order chi connectivity index (χ0) is 14.4. The molecule has 0 radical (unpaired) electrons. The summed E-state index contributed by atoms with van der Waals surface area (Å²) >= 11 is 3.41. The quantitative estimate of drug-likeness (QED) is 0.785. The summed E-state index contributed by atoms with van der Waals surface area (Å²) in [5.41, 5.74) is 2.35. The summed E-state index contributed by atoms with van der Waals surface area (Å²) in [6, 6.07) is 4.81. The summed E-state index contributed by atoms with van der Waals surface area (Å²) in [5.74, 6) is 0.899. The maximum Gasteiger partial charge on any atom is 0.124 e. The lowest BCUT2D eigenvalue weighted by atomic mass is 10.00. The van der Waals surface area contributed by atoms with Crippen molar-refractivity contribution in [3.8, 4) is 0 Å². The first-order valence-corrected chi connectivity index (χ1v) is 7.55. The van der Waals surface area contributed by atoms with Gasteiger partial charge in [-0.05, 0) is 36.1 Å². The standard InChI is InChI=1S/C16H23BrFN/c1-11(2)9-19-10-14(12(3)4)7-13-5-6-15(18)8-16(13)17/h5-8,11-12,19H,9-10H2,1-4H3/b14-7-. The lowest BCUT2D eigenvalue weighted by Gasteiger charge is -2.14. The summed E-state index contributed by atoms with van der Waals surface area (Å²) in [6.07, 6.45) is 2.14. The summed E-state index contributed by atoms with van der Waals surface area (Å²) in [6.45, 7) is 10.6. The van der Waals surface area contributed by atoms with E-state index in [2.05, 4.69) is 55.0 Å². The van der Waals surface area contributed by atoms with Crippen molar-refractivity contribution in [3.05, 3.63) is 39.6 Å². The predicted octanol–water partition coefficient (Wildman–Crippen LogP) is 4.87. The Morgan fingerprint density at radius 3 is 2.53 bits per heavy atom. The first-order valence-electron chi connectivity index (χ1n) is 6.76. The molecule has 106 valence electrons. The van der Waals surface area contributed by atoms with Crippen molar-refractivity contribution in [2.24, 2.45) is 11.8 Å². The molecule has 0 heterocycles. The van der Waals surface area contributed by atoms with E-state index in [1.807, 2.05) is 6.07 Å². The molecule has 0 fully saturated rings. The van der Waals surface area contributed by atoms with E-state index in [0.29, 0.717) is 11.8 Å². The van der Waals surface area contributed by atoms with Crippen LogP contribution in [0.1, 0.15) is 33.3 Å². The molecule has 0 aliphatic heterocycles. The molecule has 0 aliphatic carbocycles. The summed E-state index contributed by atoms with van der Waals surface area (Å²) in [7, 11) is 0. The maximum absolute atomic E-state index is 13.1. The van der Waals surface area contributed by atoms with E-state index >= 15 is 0 Å². The topological polar surface area (TPSA) is 12.0 Å². The largest absolute Gasteiger partial charge is 0.313 e. The molecule has 0 bridgehead atoms. The Balaban J connectivity index is 2.82. The van der Waals surface area contributed by atoms with Crippen LogP contribution in [0.2, 0.25) is 0 Å². The van der Waals surface area contributed by atoms with Gasteiger partial charge >= 0.3 is 0 Å². The van der Waals surface area contributed by atoms with Crippen LogP contribution in [0, 0.1) is 17.7 Å². The summed E-state index contributed by atoms with van der Waals surface area (Å²) in [5, 5.41) is 3.46. The average Bonchev–Trinajstić information content (AvgIpc) is 2.30. The molecule has 0 saturated heterocycles. The van der Waals surface area contributed by atoms with Crippen molar-refractivity contribution >= 4 is 22.0 Å². The number of hydrogen-bond acceptors (Lipinski definition) is 1. The number of hydrogen-bond donors (Lipinski definition) is 1. The van der Waals surface area contributed by atoms with Gasteiger partial charge in [-0.15, -0.1) is 0 Å². The van der Waals surface area contributed by atoms with Crippen LogP contribution in [0.4, 0.5) is 4.39 Å². The molecule has 0 spiro atoms. The Bertz CT molecular complexity index is 438. The third-order valence-corrected chi connectivity index (χ3v) is 3.61. The van der Waals surface area contributed by atoms with Crippen molar-refractivity contribution in [2.45, 2.75) is 27.7 Å². The van der Waals surface area contributed by atoms with Crippen LogP contribution >= 0.6 is 15.9 Å². The lowest BCUT2D eigenvalue weighted by molar-refractivity contribution is 0.558. The molecule has 3 heteroatoms. The molecule has 1 N–H and O–H groups in total. The molecule has 1 aromatic carbocycles. The Labute approximate surface area is 124 Å². The maximum atomic E-state index is 13.1.